The van der Waals surface area contributed by atoms with Crippen LogP contribution in [0.2, 0.25) is 0 Å². The summed E-state index contributed by atoms with van der Waals surface area (Å²) < 4.78 is 7.71. The predicted octanol–water partition coefficient (Wildman–Crippen LogP) is 2.50. The molecule has 2 aromatic rings. The van der Waals surface area contributed by atoms with E-state index in [1.807, 2.05) is 23.2 Å². The summed E-state index contributed by atoms with van der Waals surface area (Å²) >= 11 is 1.72. The fraction of sp³-hybridized carbons (Fsp3) is 0.600. The first-order chi connectivity index (χ1) is 10.3. The lowest BCUT2D eigenvalue weighted by Gasteiger charge is -2.31. The van der Waals surface area contributed by atoms with Crippen molar-refractivity contribution in [2.75, 3.05) is 19.8 Å². The summed E-state index contributed by atoms with van der Waals surface area (Å²) in [5, 5.41) is 7.95. The van der Waals surface area contributed by atoms with Gasteiger partial charge in [-0.2, -0.15) is 5.10 Å². The van der Waals surface area contributed by atoms with Gasteiger partial charge in [-0.05, 0) is 13.8 Å². The van der Waals surface area contributed by atoms with Crippen LogP contribution in [-0.4, -0.2) is 39.4 Å². The van der Waals surface area contributed by atoms with E-state index >= 15 is 0 Å². The second kappa shape index (κ2) is 6.68. The summed E-state index contributed by atoms with van der Waals surface area (Å²) in [6, 6.07) is 0. The Morgan fingerprint density at radius 3 is 3.05 bits per heavy atom. The van der Waals surface area contributed by atoms with E-state index in [0.717, 1.165) is 39.4 Å². The average molecular weight is 306 g/mol. The third kappa shape index (κ3) is 3.33. The molecule has 3 rings (SSSR count). The van der Waals surface area contributed by atoms with Crippen molar-refractivity contribution in [1.29, 1.82) is 0 Å². The zero-order valence-electron chi connectivity index (χ0n) is 12.7. The van der Waals surface area contributed by atoms with Crippen molar-refractivity contribution in [3.05, 3.63) is 34.0 Å². The summed E-state index contributed by atoms with van der Waals surface area (Å²) in [5.41, 5.74) is 2.56. The number of aromatic nitrogens is 3. The first kappa shape index (κ1) is 14.7. The summed E-state index contributed by atoms with van der Waals surface area (Å²) in [7, 11) is 0. The molecular formula is C15H22N4OS. The van der Waals surface area contributed by atoms with E-state index in [1.54, 1.807) is 11.3 Å². The van der Waals surface area contributed by atoms with Gasteiger partial charge in [0.2, 0.25) is 0 Å². The molecule has 0 radical (unpaired) electrons. The van der Waals surface area contributed by atoms with Crippen LogP contribution < -0.4 is 0 Å². The van der Waals surface area contributed by atoms with Gasteiger partial charge in [-0.25, -0.2) is 4.98 Å². The SMILES string of the molecule is CCOC[C@@H]1CN(Cc2nccs2)Cc2cn(CC)nc21. The largest absolute Gasteiger partial charge is 0.381 e. The maximum Gasteiger partial charge on any atom is 0.107 e. The van der Waals surface area contributed by atoms with Crippen molar-refractivity contribution in [3.63, 3.8) is 0 Å². The number of aryl methyl sites for hydroxylation is 1. The summed E-state index contributed by atoms with van der Waals surface area (Å²) in [4.78, 5) is 6.85. The van der Waals surface area contributed by atoms with E-state index in [2.05, 4.69) is 23.0 Å². The van der Waals surface area contributed by atoms with Gasteiger partial charge in [0.1, 0.15) is 5.01 Å². The minimum absolute atomic E-state index is 0.362. The van der Waals surface area contributed by atoms with Crippen LogP contribution in [-0.2, 0) is 24.4 Å². The predicted molar refractivity (Wildman–Crippen MR) is 83.4 cm³/mol. The van der Waals surface area contributed by atoms with E-state index in [0.29, 0.717) is 5.92 Å². The average Bonchev–Trinajstić information content (AvgIpc) is 3.13. The van der Waals surface area contributed by atoms with Crippen molar-refractivity contribution in [1.82, 2.24) is 19.7 Å². The van der Waals surface area contributed by atoms with Gasteiger partial charge in [0.15, 0.2) is 0 Å². The molecular weight excluding hydrogens is 284 g/mol. The van der Waals surface area contributed by atoms with Gasteiger partial charge in [-0.3, -0.25) is 9.58 Å². The standard InChI is InChI=1S/C15H22N4OS/c1-3-19-9-12-7-18(10-14-16-5-6-21-14)8-13(11-20-4-2)15(12)17-19/h5-6,9,13H,3-4,7-8,10-11H2,1-2H3/t13-/m0/s1. The van der Waals surface area contributed by atoms with E-state index in [1.165, 1.54) is 16.3 Å². The molecule has 0 N–H and O–H groups in total. The molecule has 0 spiro atoms. The fourth-order valence-corrected chi connectivity index (χ4v) is 3.50. The number of nitrogens with zero attached hydrogens (tertiary/aromatic N) is 4. The van der Waals surface area contributed by atoms with Crippen LogP contribution in [0.25, 0.3) is 0 Å². The number of fused-ring (bicyclic) bond motifs is 1. The third-order valence-electron chi connectivity index (χ3n) is 3.82. The van der Waals surface area contributed by atoms with Crippen molar-refractivity contribution in [3.8, 4) is 0 Å². The molecule has 3 heterocycles. The van der Waals surface area contributed by atoms with Gasteiger partial charge in [0, 0.05) is 55.5 Å². The van der Waals surface area contributed by atoms with Gasteiger partial charge in [-0.1, -0.05) is 0 Å². The number of hydrogen-bond donors (Lipinski definition) is 0. The molecule has 5 nitrogen and oxygen atoms in total. The van der Waals surface area contributed by atoms with Gasteiger partial charge >= 0.3 is 0 Å². The molecule has 0 unspecified atom stereocenters. The van der Waals surface area contributed by atoms with Crippen LogP contribution in [0, 0.1) is 0 Å². The molecule has 0 aliphatic carbocycles. The number of thiazole rings is 1. The monoisotopic (exact) mass is 306 g/mol. The minimum Gasteiger partial charge on any atom is -0.381 e. The molecule has 114 valence electrons. The Kier molecular flexibility index (Phi) is 4.67. The Morgan fingerprint density at radius 2 is 2.33 bits per heavy atom. The molecule has 0 aromatic carbocycles. The normalized spacial score (nSPS) is 18.9. The lowest BCUT2D eigenvalue weighted by molar-refractivity contribution is 0.104. The third-order valence-corrected chi connectivity index (χ3v) is 4.58. The van der Waals surface area contributed by atoms with Crippen molar-refractivity contribution < 1.29 is 4.74 Å². The van der Waals surface area contributed by atoms with Crippen LogP contribution in [0.15, 0.2) is 17.8 Å². The highest BCUT2D eigenvalue weighted by Gasteiger charge is 2.28. The Balaban J connectivity index is 1.77. The molecule has 0 bridgehead atoms. The van der Waals surface area contributed by atoms with E-state index in [9.17, 15) is 0 Å². The fourth-order valence-electron chi connectivity index (χ4n) is 2.84. The molecule has 0 fully saturated rings. The summed E-state index contributed by atoms with van der Waals surface area (Å²) in [6.45, 7) is 9.46. The Hall–Kier alpha value is -1.24. The van der Waals surface area contributed by atoms with Crippen LogP contribution in [0.1, 0.15) is 36.0 Å². The van der Waals surface area contributed by atoms with Crippen molar-refractivity contribution >= 4 is 11.3 Å². The zero-order valence-corrected chi connectivity index (χ0v) is 13.5. The molecule has 6 heteroatoms. The molecule has 1 aliphatic rings. The highest BCUT2D eigenvalue weighted by atomic mass is 32.1. The lowest BCUT2D eigenvalue weighted by Crippen LogP contribution is -2.34. The molecule has 21 heavy (non-hydrogen) atoms. The van der Waals surface area contributed by atoms with Gasteiger partial charge in [0.05, 0.1) is 18.8 Å². The smallest absolute Gasteiger partial charge is 0.107 e. The summed E-state index contributed by atoms with van der Waals surface area (Å²) in [6.07, 6.45) is 4.06. The first-order valence-corrected chi connectivity index (χ1v) is 8.42. The Bertz CT molecular complexity index is 566. The Morgan fingerprint density at radius 1 is 1.43 bits per heavy atom. The first-order valence-electron chi connectivity index (χ1n) is 7.54. The maximum atomic E-state index is 5.67. The molecule has 0 saturated carbocycles. The zero-order chi connectivity index (χ0) is 14.7. The molecule has 1 atom stereocenters. The molecule has 0 saturated heterocycles. The quantitative estimate of drug-likeness (QED) is 0.822. The van der Waals surface area contributed by atoms with Crippen molar-refractivity contribution in [2.45, 2.75) is 39.4 Å². The number of hydrogen-bond acceptors (Lipinski definition) is 5. The van der Waals surface area contributed by atoms with Crippen LogP contribution >= 0.6 is 11.3 Å². The number of ether oxygens (including phenoxy) is 1. The molecule has 1 aliphatic heterocycles. The highest BCUT2D eigenvalue weighted by Crippen LogP contribution is 2.28. The van der Waals surface area contributed by atoms with Gasteiger partial charge < -0.3 is 4.74 Å². The van der Waals surface area contributed by atoms with Gasteiger partial charge in [0.25, 0.3) is 0 Å². The highest BCUT2D eigenvalue weighted by molar-refractivity contribution is 7.09. The van der Waals surface area contributed by atoms with Gasteiger partial charge in [-0.15, -0.1) is 11.3 Å². The van der Waals surface area contributed by atoms with E-state index in [-0.39, 0.29) is 0 Å². The molecule has 2 aromatic heterocycles. The minimum atomic E-state index is 0.362. The summed E-state index contributed by atoms with van der Waals surface area (Å²) in [5.74, 6) is 0.362. The second-order valence-corrected chi connectivity index (χ2v) is 6.33. The van der Waals surface area contributed by atoms with Crippen LogP contribution in [0.3, 0.4) is 0 Å². The van der Waals surface area contributed by atoms with E-state index < -0.39 is 0 Å². The molecule has 0 amide bonds. The Labute approximate surface area is 129 Å². The lowest BCUT2D eigenvalue weighted by atomic mass is 9.97. The van der Waals surface area contributed by atoms with Crippen molar-refractivity contribution in [2.24, 2.45) is 0 Å². The topological polar surface area (TPSA) is 43.2 Å². The maximum absolute atomic E-state index is 5.67. The second-order valence-electron chi connectivity index (χ2n) is 5.35. The van der Waals surface area contributed by atoms with Crippen LogP contribution in [0.5, 0.6) is 0 Å². The number of rotatable bonds is 6. The van der Waals surface area contributed by atoms with Crippen LogP contribution in [0.4, 0.5) is 0 Å². The van der Waals surface area contributed by atoms with E-state index in [4.69, 9.17) is 9.84 Å².